The number of allylic oxidation sites excluding steroid dienone is 4. The van der Waals surface area contributed by atoms with E-state index in [2.05, 4.69) is 103 Å². The average Bonchev–Trinajstić information content (AvgIpc) is 3.29. The zero-order valence-electron chi connectivity index (χ0n) is 15.5. The quantitative estimate of drug-likeness (QED) is 0.564. The van der Waals surface area contributed by atoms with Crippen molar-refractivity contribution in [2.45, 2.75) is 6.16 Å². The van der Waals surface area contributed by atoms with E-state index < -0.39 is 6.89 Å². The summed E-state index contributed by atoms with van der Waals surface area (Å²) >= 11 is 0. The van der Waals surface area contributed by atoms with Gasteiger partial charge < -0.3 is 4.74 Å². The van der Waals surface area contributed by atoms with Gasteiger partial charge in [-0.1, -0.05) is 103 Å². The van der Waals surface area contributed by atoms with Gasteiger partial charge in [0.25, 0.3) is 0 Å². The van der Waals surface area contributed by atoms with E-state index in [9.17, 15) is 0 Å². The lowest BCUT2D eigenvalue weighted by Gasteiger charge is -2.31. The molecule has 1 aliphatic carbocycles. The van der Waals surface area contributed by atoms with Crippen molar-refractivity contribution in [1.29, 1.82) is 0 Å². The largest absolute Gasteiger partial charge is 0.496 e. The lowest BCUT2D eigenvalue weighted by atomic mass is 10.2. The molecule has 4 rings (SSSR count). The van der Waals surface area contributed by atoms with Gasteiger partial charge in [0.1, 0.15) is 5.75 Å². The Morgan fingerprint density at radius 1 is 0.667 bits per heavy atom. The van der Waals surface area contributed by atoms with Crippen LogP contribution in [0, 0.1) is 0 Å². The summed E-state index contributed by atoms with van der Waals surface area (Å²) in [6, 6.07) is 30.3. The van der Waals surface area contributed by atoms with Crippen LogP contribution >= 0.6 is 6.89 Å². The first-order chi connectivity index (χ1) is 13.3. The second-order valence-electron chi connectivity index (χ2n) is 6.59. The highest BCUT2D eigenvalue weighted by Gasteiger charge is 2.28. The van der Waals surface area contributed by atoms with Crippen LogP contribution in [0.2, 0.25) is 0 Å². The van der Waals surface area contributed by atoms with Crippen LogP contribution < -0.4 is 15.3 Å². The molecular weight excluding hydrogens is 347 g/mol. The Kier molecular flexibility index (Phi) is 5.14. The summed E-state index contributed by atoms with van der Waals surface area (Å²) in [5, 5.41) is 4.20. The molecule has 3 aromatic rings. The Morgan fingerprint density at radius 3 is 1.74 bits per heavy atom. The molecule has 0 spiro atoms. The molecule has 0 heterocycles. The number of hydrogen-bond donors (Lipinski definition) is 0. The first-order valence-corrected chi connectivity index (χ1v) is 11.2. The predicted molar refractivity (Wildman–Crippen MR) is 119 cm³/mol. The summed E-state index contributed by atoms with van der Waals surface area (Å²) in [5.41, 5.74) is 1.25. The Hall–Kier alpha value is -2.76. The zero-order valence-corrected chi connectivity index (χ0v) is 16.3. The van der Waals surface area contributed by atoms with E-state index in [0.717, 1.165) is 11.9 Å². The van der Waals surface area contributed by atoms with Crippen molar-refractivity contribution in [2.75, 3.05) is 7.11 Å². The number of benzene rings is 3. The van der Waals surface area contributed by atoms with Crippen molar-refractivity contribution >= 4 is 22.8 Å². The summed E-state index contributed by atoms with van der Waals surface area (Å²) in [4.78, 5) is 0. The lowest BCUT2D eigenvalue weighted by Crippen LogP contribution is -2.22. The molecule has 0 atom stereocenters. The molecule has 2 heteroatoms. The third-order valence-electron chi connectivity index (χ3n) is 5.08. The predicted octanol–water partition coefficient (Wildman–Crippen LogP) is 5.16. The monoisotopic (exact) mass is 370 g/mol. The molecule has 0 amide bonds. The highest BCUT2D eigenvalue weighted by molar-refractivity contribution is 7.89. The topological polar surface area (TPSA) is 9.23 Å². The SMILES string of the molecule is COc1ccccc1CP(=C1C=CC=C1)(c1ccccc1)c1ccccc1. The second kappa shape index (κ2) is 7.86. The fourth-order valence-corrected chi connectivity index (χ4v) is 8.05. The van der Waals surface area contributed by atoms with Crippen LogP contribution in [-0.4, -0.2) is 12.4 Å². The molecule has 0 N–H and O–H groups in total. The zero-order chi connectivity index (χ0) is 18.5. The van der Waals surface area contributed by atoms with Crippen LogP contribution in [0.3, 0.4) is 0 Å². The van der Waals surface area contributed by atoms with E-state index in [1.165, 1.54) is 21.5 Å². The van der Waals surface area contributed by atoms with Gasteiger partial charge in [-0.3, -0.25) is 0 Å². The fraction of sp³-hybridized carbons (Fsp3) is 0.0800. The molecule has 0 saturated heterocycles. The van der Waals surface area contributed by atoms with Gasteiger partial charge in [-0.25, -0.2) is 0 Å². The van der Waals surface area contributed by atoms with E-state index in [-0.39, 0.29) is 0 Å². The molecule has 0 radical (unpaired) electrons. The van der Waals surface area contributed by atoms with Crippen LogP contribution in [-0.2, 0) is 6.16 Å². The highest BCUT2D eigenvalue weighted by Crippen LogP contribution is 2.52. The molecule has 0 bridgehead atoms. The molecule has 1 nitrogen and oxygen atoms in total. The number of methoxy groups -OCH3 is 1. The van der Waals surface area contributed by atoms with Gasteiger partial charge in [0.15, 0.2) is 0 Å². The standard InChI is InChI=1S/C25H23OP/c1-26-25-19-11-8-12-21(25)20-27(24-17-9-10-18-24,22-13-4-2-5-14-22)23-15-6-3-7-16-23/h2-19H,20H2,1H3. The van der Waals surface area contributed by atoms with Gasteiger partial charge in [0.2, 0.25) is 0 Å². The molecule has 0 fully saturated rings. The summed E-state index contributed by atoms with van der Waals surface area (Å²) < 4.78 is 5.70. The van der Waals surface area contributed by atoms with Crippen molar-refractivity contribution in [3.63, 3.8) is 0 Å². The fourth-order valence-electron chi connectivity index (χ4n) is 3.79. The van der Waals surface area contributed by atoms with Crippen molar-refractivity contribution in [3.05, 3.63) is 115 Å². The maximum atomic E-state index is 5.70. The molecule has 3 aromatic carbocycles. The third kappa shape index (κ3) is 3.31. The number of para-hydroxylation sites is 1. The summed E-state index contributed by atoms with van der Waals surface area (Å²) in [6.07, 6.45) is 9.80. The number of rotatable bonds is 5. The molecule has 0 aromatic heterocycles. The van der Waals surface area contributed by atoms with E-state index in [0.29, 0.717) is 0 Å². The second-order valence-corrected chi connectivity index (χ2v) is 10.1. The van der Waals surface area contributed by atoms with Crippen LogP contribution in [0.1, 0.15) is 5.56 Å². The molecule has 134 valence electrons. The molecule has 0 saturated carbocycles. The van der Waals surface area contributed by atoms with Crippen LogP contribution in [0.5, 0.6) is 5.75 Å². The Balaban J connectivity index is 2.05. The van der Waals surface area contributed by atoms with Crippen molar-refractivity contribution < 1.29 is 4.74 Å². The molecular formula is C25H23OP. The first kappa shape index (κ1) is 17.6. The van der Waals surface area contributed by atoms with E-state index in [4.69, 9.17) is 4.74 Å². The smallest absolute Gasteiger partial charge is 0.122 e. The number of hydrogen-bond acceptors (Lipinski definition) is 1. The van der Waals surface area contributed by atoms with Crippen LogP contribution in [0.25, 0.3) is 0 Å². The van der Waals surface area contributed by atoms with Crippen molar-refractivity contribution in [3.8, 4) is 5.75 Å². The van der Waals surface area contributed by atoms with Crippen molar-refractivity contribution in [2.24, 2.45) is 0 Å². The van der Waals surface area contributed by atoms with E-state index in [1.807, 2.05) is 6.07 Å². The summed E-state index contributed by atoms with van der Waals surface area (Å²) in [6.45, 7) is -1.85. The van der Waals surface area contributed by atoms with Gasteiger partial charge in [-0.05, 0) is 34.4 Å². The van der Waals surface area contributed by atoms with E-state index in [1.54, 1.807) is 7.11 Å². The maximum absolute atomic E-state index is 5.70. The van der Waals surface area contributed by atoms with Gasteiger partial charge in [-0.15, -0.1) is 0 Å². The van der Waals surface area contributed by atoms with Gasteiger partial charge in [0.05, 0.1) is 7.11 Å². The Bertz CT molecular complexity index is 973. The van der Waals surface area contributed by atoms with Gasteiger partial charge in [0, 0.05) is 6.16 Å². The maximum Gasteiger partial charge on any atom is 0.122 e. The van der Waals surface area contributed by atoms with Gasteiger partial charge in [-0.2, -0.15) is 0 Å². The van der Waals surface area contributed by atoms with Crippen LogP contribution in [0.4, 0.5) is 0 Å². The van der Waals surface area contributed by atoms with Gasteiger partial charge >= 0.3 is 0 Å². The van der Waals surface area contributed by atoms with Crippen molar-refractivity contribution in [1.82, 2.24) is 0 Å². The normalized spacial score (nSPS) is 13.1. The molecule has 1 aliphatic rings. The number of ether oxygens (including phenoxy) is 1. The molecule has 0 aliphatic heterocycles. The van der Waals surface area contributed by atoms with Crippen LogP contribution in [0.15, 0.2) is 109 Å². The first-order valence-electron chi connectivity index (χ1n) is 9.18. The minimum atomic E-state index is -1.85. The lowest BCUT2D eigenvalue weighted by molar-refractivity contribution is 0.411. The summed E-state index contributed by atoms with van der Waals surface area (Å²) in [5.74, 6) is 0.959. The molecule has 27 heavy (non-hydrogen) atoms. The average molecular weight is 370 g/mol. The Labute approximate surface area is 161 Å². The Morgan fingerprint density at radius 2 is 1.19 bits per heavy atom. The van der Waals surface area contributed by atoms with E-state index >= 15 is 0 Å². The molecule has 0 unspecified atom stereocenters. The summed E-state index contributed by atoms with van der Waals surface area (Å²) in [7, 11) is 1.76. The highest BCUT2D eigenvalue weighted by atomic mass is 31.2. The minimum absolute atomic E-state index is 0.940. The minimum Gasteiger partial charge on any atom is -0.496 e. The third-order valence-corrected chi connectivity index (χ3v) is 9.43.